The standard InChI is InChI=1S/C15H18FN3O2/c16-13-6-4-5-12(9-13)10-17-18-14(20)11-19-8-3-1-2-7-15(19)21/h4-6,9-10H,1-3,7-8,11H2,(H,18,20)/b17-10-. The van der Waals surface area contributed by atoms with E-state index in [9.17, 15) is 14.0 Å². The van der Waals surface area contributed by atoms with Gasteiger partial charge in [-0.25, -0.2) is 9.82 Å². The third-order valence-electron chi connectivity index (χ3n) is 3.26. The molecule has 0 unspecified atom stereocenters. The van der Waals surface area contributed by atoms with Crippen molar-refractivity contribution in [3.8, 4) is 0 Å². The van der Waals surface area contributed by atoms with E-state index in [0.717, 1.165) is 19.3 Å². The normalized spacial score (nSPS) is 16.0. The zero-order chi connectivity index (χ0) is 15.1. The van der Waals surface area contributed by atoms with E-state index in [1.165, 1.54) is 18.3 Å². The molecular formula is C15H18FN3O2. The van der Waals surface area contributed by atoms with Gasteiger partial charge >= 0.3 is 0 Å². The van der Waals surface area contributed by atoms with Crippen molar-refractivity contribution in [1.82, 2.24) is 10.3 Å². The third kappa shape index (κ3) is 4.98. The van der Waals surface area contributed by atoms with Gasteiger partial charge in [0.2, 0.25) is 5.91 Å². The molecular weight excluding hydrogens is 273 g/mol. The minimum Gasteiger partial charge on any atom is -0.333 e. The summed E-state index contributed by atoms with van der Waals surface area (Å²) in [6.45, 7) is 0.624. The van der Waals surface area contributed by atoms with Crippen LogP contribution in [-0.4, -0.2) is 36.0 Å². The minimum atomic E-state index is -0.361. The lowest BCUT2D eigenvalue weighted by Gasteiger charge is -2.18. The Labute approximate surface area is 122 Å². The van der Waals surface area contributed by atoms with Gasteiger partial charge in [-0.1, -0.05) is 18.6 Å². The molecule has 0 saturated carbocycles. The molecule has 0 aromatic heterocycles. The average Bonchev–Trinajstić information content (AvgIpc) is 2.64. The Morgan fingerprint density at radius 2 is 2.24 bits per heavy atom. The van der Waals surface area contributed by atoms with Crippen LogP contribution in [0.5, 0.6) is 0 Å². The first-order valence-corrected chi connectivity index (χ1v) is 7.00. The number of amides is 2. The summed E-state index contributed by atoms with van der Waals surface area (Å²) < 4.78 is 13.0. The summed E-state index contributed by atoms with van der Waals surface area (Å²) >= 11 is 0. The number of hydrogen-bond acceptors (Lipinski definition) is 3. The molecule has 1 saturated heterocycles. The quantitative estimate of drug-likeness (QED) is 0.677. The van der Waals surface area contributed by atoms with Crippen molar-refractivity contribution in [3.05, 3.63) is 35.6 Å². The first kappa shape index (κ1) is 15.2. The van der Waals surface area contributed by atoms with Gasteiger partial charge in [0.1, 0.15) is 12.4 Å². The van der Waals surface area contributed by atoms with E-state index in [1.54, 1.807) is 17.0 Å². The number of hydrazone groups is 1. The Morgan fingerprint density at radius 3 is 3.05 bits per heavy atom. The second kappa shape index (κ2) is 7.52. The molecule has 0 aliphatic carbocycles. The molecule has 6 heteroatoms. The number of halogens is 1. The Morgan fingerprint density at radius 1 is 1.38 bits per heavy atom. The Kier molecular flexibility index (Phi) is 5.43. The van der Waals surface area contributed by atoms with Crippen molar-refractivity contribution in [2.75, 3.05) is 13.1 Å². The highest BCUT2D eigenvalue weighted by Gasteiger charge is 2.18. The average molecular weight is 291 g/mol. The van der Waals surface area contributed by atoms with Crippen LogP contribution in [-0.2, 0) is 9.59 Å². The van der Waals surface area contributed by atoms with E-state index >= 15 is 0 Å². The molecule has 21 heavy (non-hydrogen) atoms. The molecule has 5 nitrogen and oxygen atoms in total. The molecule has 2 rings (SSSR count). The van der Waals surface area contributed by atoms with E-state index in [2.05, 4.69) is 10.5 Å². The maximum atomic E-state index is 13.0. The molecule has 1 heterocycles. The maximum absolute atomic E-state index is 13.0. The van der Waals surface area contributed by atoms with Gasteiger partial charge in [-0.15, -0.1) is 0 Å². The fourth-order valence-corrected chi connectivity index (χ4v) is 2.18. The first-order valence-electron chi connectivity index (χ1n) is 7.00. The van der Waals surface area contributed by atoms with E-state index in [1.807, 2.05) is 0 Å². The summed E-state index contributed by atoms with van der Waals surface area (Å²) in [6.07, 6.45) is 4.69. The molecule has 1 aromatic rings. The lowest BCUT2D eigenvalue weighted by Crippen LogP contribution is -2.39. The fourth-order valence-electron chi connectivity index (χ4n) is 2.18. The summed E-state index contributed by atoms with van der Waals surface area (Å²) in [6, 6.07) is 5.89. The molecule has 1 aliphatic heterocycles. The van der Waals surface area contributed by atoms with Crippen LogP contribution in [0.3, 0.4) is 0 Å². The molecule has 112 valence electrons. The summed E-state index contributed by atoms with van der Waals surface area (Å²) in [4.78, 5) is 25.0. The highest BCUT2D eigenvalue weighted by molar-refractivity contribution is 5.86. The van der Waals surface area contributed by atoms with Crippen LogP contribution in [0.15, 0.2) is 29.4 Å². The van der Waals surface area contributed by atoms with Crippen LogP contribution in [0.1, 0.15) is 31.2 Å². The zero-order valence-electron chi connectivity index (χ0n) is 11.7. The van der Waals surface area contributed by atoms with Crippen molar-refractivity contribution in [2.24, 2.45) is 5.10 Å². The third-order valence-corrected chi connectivity index (χ3v) is 3.26. The Hall–Kier alpha value is -2.24. The number of nitrogens with one attached hydrogen (secondary N) is 1. The van der Waals surface area contributed by atoms with Crippen LogP contribution in [0.25, 0.3) is 0 Å². The summed E-state index contributed by atoms with van der Waals surface area (Å²) in [5.41, 5.74) is 2.91. The zero-order valence-corrected chi connectivity index (χ0v) is 11.7. The van der Waals surface area contributed by atoms with Gasteiger partial charge in [0.05, 0.1) is 6.21 Å². The highest BCUT2D eigenvalue weighted by atomic mass is 19.1. The molecule has 0 bridgehead atoms. The van der Waals surface area contributed by atoms with Gasteiger partial charge in [-0.3, -0.25) is 9.59 Å². The molecule has 2 amide bonds. The SMILES string of the molecule is O=C(CN1CCCCCC1=O)N/N=C\c1cccc(F)c1. The predicted octanol–water partition coefficient (Wildman–Crippen LogP) is 1.68. The fraction of sp³-hybridized carbons (Fsp3) is 0.400. The molecule has 1 aliphatic rings. The molecule has 1 N–H and O–H groups in total. The van der Waals surface area contributed by atoms with Gasteiger partial charge in [-0.2, -0.15) is 5.10 Å². The van der Waals surface area contributed by atoms with Crippen molar-refractivity contribution >= 4 is 18.0 Å². The van der Waals surface area contributed by atoms with Gasteiger partial charge in [0.25, 0.3) is 5.91 Å². The van der Waals surface area contributed by atoms with E-state index < -0.39 is 0 Å². The second-order valence-electron chi connectivity index (χ2n) is 4.97. The molecule has 0 atom stereocenters. The minimum absolute atomic E-state index is 0.0109. The molecule has 1 aromatic carbocycles. The lowest BCUT2D eigenvalue weighted by molar-refractivity contribution is -0.135. The number of likely N-dealkylation sites (tertiary alicyclic amines) is 1. The van der Waals surface area contributed by atoms with Gasteiger partial charge in [0, 0.05) is 13.0 Å². The van der Waals surface area contributed by atoms with Crippen molar-refractivity contribution < 1.29 is 14.0 Å². The number of carbonyl (C=O) groups is 2. The number of carbonyl (C=O) groups excluding carboxylic acids is 2. The van der Waals surface area contributed by atoms with Crippen LogP contribution in [0, 0.1) is 5.82 Å². The van der Waals surface area contributed by atoms with Crippen molar-refractivity contribution in [3.63, 3.8) is 0 Å². The van der Waals surface area contributed by atoms with Gasteiger partial charge in [-0.05, 0) is 30.5 Å². The van der Waals surface area contributed by atoms with Crippen LogP contribution in [0.2, 0.25) is 0 Å². The summed E-state index contributed by atoms with van der Waals surface area (Å²) in [5.74, 6) is -0.699. The maximum Gasteiger partial charge on any atom is 0.259 e. The van der Waals surface area contributed by atoms with Crippen LogP contribution in [0.4, 0.5) is 4.39 Å². The Bertz CT molecular complexity index is 545. The van der Waals surface area contributed by atoms with E-state index in [-0.39, 0.29) is 24.2 Å². The van der Waals surface area contributed by atoms with E-state index in [0.29, 0.717) is 18.5 Å². The number of nitrogens with zero attached hydrogens (tertiary/aromatic N) is 2. The van der Waals surface area contributed by atoms with E-state index in [4.69, 9.17) is 0 Å². The second-order valence-corrected chi connectivity index (χ2v) is 4.97. The Balaban J connectivity index is 1.82. The summed E-state index contributed by atoms with van der Waals surface area (Å²) in [5, 5.41) is 3.77. The number of hydrogen-bond donors (Lipinski definition) is 1. The van der Waals surface area contributed by atoms with Gasteiger partial charge < -0.3 is 4.90 Å². The van der Waals surface area contributed by atoms with Gasteiger partial charge in [0.15, 0.2) is 0 Å². The monoisotopic (exact) mass is 291 g/mol. The largest absolute Gasteiger partial charge is 0.333 e. The molecule has 0 radical (unpaired) electrons. The van der Waals surface area contributed by atoms with Crippen LogP contribution < -0.4 is 5.43 Å². The first-order chi connectivity index (χ1) is 10.1. The van der Waals surface area contributed by atoms with Crippen molar-refractivity contribution in [2.45, 2.75) is 25.7 Å². The highest BCUT2D eigenvalue weighted by Crippen LogP contribution is 2.10. The topological polar surface area (TPSA) is 61.8 Å². The van der Waals surface area contributed by atoms with Crippen LogP contribution >= 0.6 is 0 Å². The van der Waals surface area contributed by atoms with Crippen molar-refractivity contribution in [1.29, 1.82) is 0 Å². The smallest absolute Gasteiger partial charge is 0.259 e. The molecule has 1 fully saturated rings. The molecule has 0 spiro atoms. The summed E-state index contributed by atoms with van der Waals surface area (Å²) in [7, 11) is 0. The number of rotatable bonds is 4. The predicted molar refractivity (Wildman–Crippen MR) is 77.2 cm³/mol. The lowest BCUT2D eigenvalue weighted by atomic mass is 10.2. The number of benzene rings is 1.